The third-order valence-electron chi connectivity index (χ3n) is 4.35. The zero-order valence-electron chi connectivity index (χ0n) is 16.9. The molecule has 0 amide bonds. The first kappa shape index (κ1) is 21.1. The van der Waals surface area contributed by atoms with Crippen molar-refractivity contribution < 1.29 is 0 Å². The van der Waals surface area contributed by atoms with E-state index in [0.717, 1.165) is 42.0 Å². The Morgan fingerprint density at radius 2 is 1.09 bits per heavy atom. The van der Waals surface area contributed by atoms with E-state index in [2.05, 4.69) is 58.2 Å². The second-order valence-electron chi connectivity index (χ2n) is 6.56. The molecule has 4 nitrogen and oxygen atoms in total. The maximum absolute atomic E-state index is 5.28. The zero-order chi connectivity index (χ0) is 22.2. The molecule has 0 aliphatic heterocycles. The molecule has 0 saturated carbocycles. The van der Waals surface area contributed by atoms with Crippen LogP contribution in [-0.2, 0) is 0 Å². The molecule has 0 unspecified atom stereocenters. The first-order valence-electron chi connectivity index (χ1n) is 9.65. The molecule has 0 aliphatic rings. The number of aromatic nitrogens is 2. The van der Waals surface area contributed by atoms with Gasteiger partial charge in [0.15, 0.2) is 0 Å². The lowest BCUT2D eigenvalue weighted by Crippen LogP contribution is -1.88. The molecule has 32 heavy (non-hydrogen) atoms. The lowest BCUT2D eigenvalue weighted by atomic mass is 10.1. The van der Waals surface area contributed by atoms with Gasteiger partial charge in [-0.15, -0.1) is 22.7 Å². The summed E-state index contributed by atoms with van der Waals surface area (Å²) in [6, 6.07) is 20.8. The second kappa shape index (κ2) is 10.3. The fourth-order valence-electron chi connectivity index (χ4n) is 2.90. The highest BCUT2D eigenvalue weighted by molar-refractivity contribution is 7.13. The zero-order valence-corrected chi connectivity index (χ0v) is 18.6. The van der Waals surface area contributed by atoms with E-state index in [-0.39, 0.29) is 0 Å². The molecule has 0 radical (unpaired) electrons. The molecule has 0 spiro atoms. The van der Waals surface area contributed by atoms with Crippen molar-refractivity contribution in [3.05, 3.63) is 91.6 Å². The predicted octanol–water partition coefficient (Wildman–Crippen LogP) is 5.14. The van der Waals surface area contributed by atoms with E-state index >= 15 is 0 Å². The number of thiophene rings is 2. The maximum atomic E-state index is 5.28. The van der Waals surface area contributed by atoms with Crippen molar-refractivity contribution in [2.45, 2.75) is 0 Å². The molecule has 4 N–H and O–H groups in total. The lowest BCUT2D eigenvalue weighted by Gasteiger charge is -2.02. The Bertz CT molecular complexity index is 1310. The van der Waals surface area contributed by atoms with Crippen LogP contribution in [0.4, 0.5) is 0 Å². The van der Waals surface area contributed by atoms with E-state index in [9.17, 15) is 0 Å². The van der Waals surface area contributed by atoms with E-state index in [1.807, 2.05) is 48.5 Å². The maximum Gasteiger partial charge on any atom is 0.0892 e. The molecule has 0 saturated heterocycles. The number of nitrogens with two attached hydrogens (primary N) is 2. The van der Waals surface area contributed by atoms with E-state index in [4.69, 9.17) is 11.5 Å². The van der Waals surface area contributed by atoms with Gasteiger partial charge in [0.1, 0.15) is 0 Å². The van der Waals surface area contributed by atoms with Gasteiger partial charge in [-0.1, -0.05) is 12.2 Å². The van der Waals surface area contributed by atoms with Gasteiger partial charge in [0.25, 0.3) is 0 Å². The van der Waals surface area contributed by atoms with Crippen LogP contribution in [0.5, 0.6) is 0 Å². The highest BCUT2D eigenvalue weighted by Gasteiger charge is 2.03. The summed E-state index contributed by atoms with van der Waals surface area (Å²) in [7, 11) is 0. The highest BCUT2D eigenvalue weighted by Crippen LogP contribution is 2.22. The average molecular weight is 451 g/mol. The van der Waals surface area contributed by atoms with E-state index < -0.39 is 0 Å². The van der Waals surface area contributed by atoms with E-state index in [0.29, 0.717) is 0 Å². The SMILES string of the molecule is NC#Cc1ccc(/C=C/c2ccnc(-c3cc(/C=C/c4ccc(C#CN)s4)ccn3)c2)s1. The summed E-state index contributed by atoms with van der Waals surface area (Å²) in [6.07, 6.45) is 11.8. The monoisotopic (exact) mass is 450 g/mol. The van der Waals surface area contributed by atoms with Gasteiger partial charge in [-0.2, -0.15) is 0 Å². The molecule has 0 aliphatic carbocycles. The smallest absolute Gasteiger partial charge is 0.0892 e. The van der Waals surface area contributed by atoms with Crippen LogP contribution < -0.4 is 11.5 Å². The van der Waals surface area contributed by atoms with Crippen molar-refractivity contribution in [3.8, 4) is 35.3 Å². The minimum Gasteiger partial charge on any atom is -0.359 e. The fourth-order valence-corrected chi connectivity index (χ4v) is 4.44. The van der Waals surface area contributed by atoms with Crippen LogP contribution in [0.2, 0.25) is 0 Å². The summed E-state index contributed by atoms with van der Waals surface area (Å²) in [5, 5.41) is 0. The third kappa shape index (κ3) is 5.53. The topological polar surface area (TPSA) is 77.8 Å². The Kier molecular flexibility index (Phi) is 6.79. The summed E-state index contributed by atoms with van der Waals surface area (Å²) in [6.45, 7) is 0. The summed E-state index contributed by atoms with van der Waals surface area (Å²) in [5.74, 6) is 5.74. The van der Waals surface area contributed by atoms with Crippen LogP contribution in [0.15, 0.2) is 60.9 Å². The fraction of sp³-hybridized carbons (Fsp3) is 0. The van der Waals surface area contributed by atoms with Gasteiger partial charge in [0, 0.05) is 34.2 Å². The van der Waals surface area contributed by atoms with E-state index in [1.165, 1.54) is 0 Å². The van der Waals surface area contributed by atoms with Gasteiger partial charge in [0.2, 0.25) is 0 Å². The molecule has 6 heteroatoms. The standard InChI is InChI=1S/C26H18N4S2/c27-13-9-23-7-5-21(31-23)3-1-19-11-15-29-25(17-19)26-18-20(12-16-30-26)2-4-22-6-8-24(32-22)10-14-28/h1-8,11-12,15-18H,27-28H2/b3-1+,4-2+. The predicted molar refractivity (Wildman–Crippen MR) is 136 cm³/mol. The molecule has 4 heterocycles. The Balaban J connectivity index is 1.52. The number of hydrogen-bond donors (Lipinski definition) is 2. The van der Waals surface area contributed by atoms with Gasteiger partial charge in [-0.05, 0) is 83.7 Å². The van der Waals surface area contributed by atoms with Crippen LogP contribution in [0, 0.1) is 23.9 Å². The van der Waals surface area contributed by atoms with E-state index in [1.54, 1.807) is 35.1 Å². The molecule has 0 aromatic carbocycles. The highest BCUT2D eigenvalue weighted by atomic mass is 32.1. The minimum absolute atomic E-state index is 0.819. The van der Waals surface area contributed by atoms with Crippen molar-refractivity contribution in [1.82, 2.24) is 9.97 Å². The summed E-state index contributed by atoms with van der Waals surface area (Å²) < 4.78 is 0. The Morgan fingerprint density at radius 1 is 0.625 bits per heavy atom. The Morgan fingerprint density at radius 3 is 1.53 bits per heavy atom. The van der Waals surface area contributed by atoms with Gasteiger partial charge in [-0.25, -0.2) is 0 Å². The molecule has 0 bridgehead atoms. The van der Waals surface area contributed by atoms with Gasteiger partial charge >= 0.3 is 0 Å². The van der Waals surface area contributed by atoms with Gasteiger partial charge in [0.05, 0.1) is 21.1 Å². The number of nitrogens with zero attached hydrogens (tertiary/aromatic N) is 2. The number of hydrogen-bond acceptors (Lipinski definition) is 6. The van der Waals surface area contributed by atoms with Gasteiger partial charge < -0.3 is 11.5 Å². The molecule has 4 aromatic rings. The average Bonchev–Trinajstić information content (AvgIpc) is 3.47. The van der Waals surface area contributed by atoms with Crippen molar-refractivity contribution in [2.75, 3.05) is 0 Å². The van der Waals surface area contributed by atoms with Crippen LogP contribution in [0.1, 0.15) is 30.6 Å². The first-order chi connectivity index (χ1) is 15.7. The second-order valence-corrected chi connectivity index (χ2v) is 8.79. The molecule has 0 fully saturated rings. The summed E-state index contributed by atoms with van der Waals surface area (Å²) in [5.41, 5.74) is 14.3. The van der Waals surface area contributed by atoms with Crippen molar-refractivity contribution in [2.24, 2.45) is 11.5 Å². The number of pyridine rings is 2. The molecular weight excluding hydrogens is 432 g/mol. The molecule has 4 aromatic heterocycles. The molecule has 4 rings (SSSR count). The van der Waals surface area contributed by atoms with Crippen LogP contribution in [0.3, 0.4) is 0 Å². The Hall–Kier alpha value is -4.10. The summed E-state index contributed by atoms with van der Waals surface area (Å²) >= 11 is 3.20. The van der Waals surface area contributed by atoms with Crippen LogP contribution in [0.25, 0.3) is 35.7 Å². The quantitative estimate of drug-likeness (QED) is 0.326. The minimum atomic E-state index is 0.819. The van der Waals surface area contributed by atoms with Crippen molar-refractivity contribution in [1.29, 1.82) is 0 Å². The largest absolute Gasteiger partial charge is 0.359 e. The molecule has 0 atom stereocenters. The van der Waals surface area contributed by atoms with Crippen LogP contribution >= 0.6 is 22.7 Å². The summed E-state index contributed by atoms with van der Waals surface area (Å²) in [4.78, 5) is 13.1. The van der Waals surface area contributed by atoms with Crippen LogP contribution in [-0.4, -0.2) is 9.97 Å². The molecular formula is C26H18N4S2. The van der Waals surface area contributed by atoms with Crippen molar-refractivity contribution in [3.63, 3.8) is 0 Å². The Labute approximate surface area is 195 Å². The first-order valence-corrected chi connectivity index (χ1v) is 11.3. The lowest BCUT2D eigenvalue weighted by molar-refractivity contribution is 1.24. The van der Waals surface area contributed by atoms with Gasteiger partial charge in [-0.3, -0.25) is 9.97 Å². The normalized spacial score (nSPS) is 10.6. The molecule has 154 valence electrons. The number of rotatable bonds is 5. The third-order valence-corrected chi connectivity index (χ3v) is 6.29. The van der Waals surface area contributed by atoms with Crippen molar-refractivity contribution >= 4 is 47.0 Å².